The number of guanidine groups is 1. The zero-order valence-electron chi connectivity index (χ0n) is 7.94. The van der Waals surface area contributed by atoms with Crippen LogP contribution in [-0.4, -0.2) is 13.0 Å². The monoisotopic (exact) mass is 199 g/mol. The van der Waals surface area contributed by atoms with E-state index < -0.39 is 11.6 Å². The van der Waals surface area contributed by atoms with Gasteiger partial charge in [0.2, 0.25) is 0 Å². The minimum Gasteiger partial charge on any atom is -0.370 e. The number of halogens is 2. The predicted molar refractivity (Wildman–Crippen MR) is 52.3 cm³/mol. The van der Waals surface area contributed by atoms with Crippen LogP contribution in [0.3, 0.4) is 0 Å². The largest absolute Gasteiger partial charge is 0.370 e. The summed E-state index contributed by atoms with van der Waals surface area (Å²) in [6.07, 6.45) is 0. The minimum absolute atomic E-state index is 0.0339. The van der Waals surface area contributed by atoms with Gasteiger partial charge in [-0.15, -0.1) is 0 Å². The third-order valence-electron chi connectivity index (χ3n) is 1.78. The molecule has 0 fully saturated rings. The average Bonchev–Trinajstić information content (AvgIpc) is 2.18. The fraction of sp³-hybridized carbons (Fsp3) is 0.222. The van der Waals surface area contributed by atoms with Crippen molar-refractivity contribution in [3.05, 3.63) is 29.3 Å². The van der Waals surface area contributed by atoms with E-state index in [0.717, 1.165) is 0 Å². The molecule has 0 heterocycles. The molecular formula is C9H11F2N3. The summed E-state index contributed by atoms with van der Waals surface area (Å²) >= 11 is 0. The zero-order valence-corrected chi connectivity index (χ0v) is 7.94. The molecule has 5 heteroatoms. The Morgan fingerprint density at radius 3 is 2.64 bits per heavy atom. The molecule has 0 aliphatic rings. The normalized spacial score (nSPS) is 11.6. The Labute approximate surface area is 80.6 Å². The highest BCUT2D eigenvalue weighted by molar-refractivity contribution is 5.92. The highest BCUT2D eigenvalue weighted by Crippen LogP contribution is 2.21. The Morgan fingerprint density at radius 2 is 2.07 bits per heavy atom. The van der Waals surface area contributed by atoms with E-state index in [1.807, 2.05) is 0 Å². The van der Waals surface area contributed by atoms with Gasteiger partial charge in [-0.05, 0) is 18.6 Å². The van der Waals surface area contributed by atoms with Gasteiger partial charge in [-0.3, -0.25) is 4.99 Å². The molecule has 0 saturated carbocycles. The number of hydrogen-bond acceptors (Lipinski definition) is 1. The van der Waals surface area contributed by atoms with Gasteiger partial charge in [0, 0.05) is 7.05 Å². The SMILES string of the molecule is CN=C(N)Nc1c(F)ccc(C)c1F. The van der Waals surface area contributed by atoms with Crippen LogP contribution in [0.25, 0.3) is 0 Å². The van der Waals surface area contributed by atoms with Crippen molar-refractivity contribution in [2.24, 2.45) is 10.7 Å². The van der Waals surface area contributed by atoms with Crippen molar-refractivity contribution in [3.8, 4) is 0 Å². The second kappa shape index (κ2) is 4.04. The van der Waals surface area contributed by atoms with Gasteiger partial charge >= 0.3 is 0 Å². The maximum atomic E-state index is 13.3. The number of rotatable bonds is 1. The van der Waals surface area contributed by atoms with Gasteiger partial charge in [0.25, 0.3) is 0 Å². The van der Waals surface area contributed by atoms with E-state index in [4.69, 9.17) is 5.73 Å². The highest BCUT2D eigenvalue weighted by atomic mass is 19.1. The molecule has 1 aromatic carbocycles. The van der Waals surface area contributed by atoms with E-state index in [1.165, 1.54) is 19.2 Å². The molecule has 1 aromatic rings. The van der Waals surface area contributed by atoms with Crippen LogP contribution in [-0.2, 0) is 0 Å². The summed E-state index contributed by atoms with van der Waals surface area (Å²) in [5, 5.41) is 2.35. The Morgan fingerprint density at radius 1 is 1.43 bits per heavy atom. The molecule has 0 saturated heterocycles. The predicted octanol–water partition coefficient (Wildman–Crippen LogP) is 1.63. The number of nitrogens with one attached hydrogen (secondary N) is 1. The van der Waals surface area contributed by atoms with Gasteiger partial charge < -0.3 is 11.1 Å². The van der Waals surface area contributed by atoms with Gasteiger partial charge in [-0.25, -0.2) is 8.78 Å². The van der Waals surface area contributed by atoms with Crippen LogP contribution in [0.15, 0.2) is 17.1 Å². The average molecular weight is 199 g/mol. The molecule has 0 radical (unpaired) electrons. The Bertz CT molecular complexity index is 375. The van der Waals surface area contributed by atoms with Crippen molar-refractivity contribution >= 4 is 11.6 Å². The fourth-order valence-corrected chi connectivity index (χ4v) is 0.955. The van der Waals surface area contributed by atoms with Gasteiger partial charge in [-0.2, -0.15) is 0 Å². The van der Waals surface area contributed by atoms with Crippen molar-refractivity contribution in [2.45, 2.75) is 6.92 Å². The first-order valence-corrected chi connectivity index (χ1v) is 4.00. The number of hydrogen-bond donors (Lipinski definition) is 2. The van der Waals surface area contributed by atoms with Crippen molar-refractivity contribution in [2.75, 3.05) is 12.4 Å². The third kappa shape index (κ3) is 1.99. The number of nitrogens with zero attached hydrogens (tertiary/aromatic N) is 1. The number of anilines is 1. The summed E-state index contributed by atoms with van der Waals surface area (Å²) in [7, 11) is 1.42. The number of aliphatic imine (C=N–C) groups is 1. The Balaban J connectivity index is 3.13. The maximum absolute atomic E-state index is 13.3. The molecule has 1 rings (SSSR count). The summed E-state index contributed by atoms with van der Waals surface area (Å²) in [5.41, 5.74) is 5.37. The highest BCUT2D eigenvalue weighted by Gasteiger charge is 2.11. The second-order valence-electron chi connectivity index (χ2n) is 2.79. The molecule has 0 aromatic heterocycles. The first-order valence-electron chi connectivity index (χ1n) is 4.00. The molecule has 76 valence electrons. The van der Waals surface area contributed by atoms with Crippen LogP contribution in [0.5, 0.6) is 0 Å². The standard InChI is InChI=1S/C9H11F2N3/c1-5-3-4-6(10)8(7(5)11)14-9(12)13-2/h3-4H,1-2H3,(H3,12,13,14). The third-order valence-corrected chi connectivity index (χ3v) is 1.78. The molecule has 0 bridgehead atoms. The van der Waals surface area contributed by atoms with Crippen LogP contribution in [0, 0.1) is 18.6 Å². The Kier molecular flexibility index (Phi) is 3.01. The van der Waals surface area contributed by atoms with Gasteiger partial charge in [-0.1, -0.05) is 6.07 Å². The molecule has 0 aliphatic heterocycles. The summed E-state index contributed by atoms with van der Waals surface area (Å²) in [4.78, 5) is 3.55. The van der Waals surface area contributed by atoms with Crippen LogP contribution in [0.4, 0.5) is 14.5 Å². The molecule has 0 amide bonds. The topological polar surface area (TPSA) is 50.4 Å². The lowest BCUT2D eigenvalue weighted by atomic mass is 10.2. The van der Waals surface area contributed by atoms with E-state index in [0.29, 0.717) is 5.56 Å². The Hall–Kier alpha value is -1.65. The van der Waals surface area contributed by atoms with Crippen LogP contribution < -0.4 is 11.1 Å². The molecular weight excluding hydrogens is 188 g/mol. The quantitative estimate of drug-likeness (QED) is 0.533. The maximum Gasteiger partial charge on any atom is 0.192 e. The molecule has 3 N–H and O–H groups in total. The molecule has 3 nitrogen and oxygen atoms in total. The molecule has 0 unspecified atom stereocenters. The minimum atomic E-state index is -0.695. The van der Waals surface area contributed by atoms with E-state index in [1.54, 1.807) is 6.92 Å². The van der Waals surface area contributed by atoms with Crippen molar-refractivity contribution in [3.63, 3.8) is 0 Å². The lowest BCUT2D eigenvalue weighted by Gasteiger charge is -2.08. The van der Waals surface area contributed by atoms with Crippen molar-refractivity contribution in [1.82, 2.24) is 0 Å². The summed E-state index contributed by atoms with van der Waals surface area (Å²) in [6.45, 7) is 1.54. The molecule has 0 atom stereocenters. The van der Waals surface area contributed by atoms with Crippen LogP contribution in [0.2, 0.25) is 0 Å². The second-order valence-corrected chi connectivity index (χ2v) is 2.79. The number of nitrogens with two attached hydrogens (primary N) is 1. The first kappa shape index (κ1) is 10.4. The molecule has 0 aliphatic carbocycles. The zero-order chi connectivity index (χ0) is 10.7. The van der Waals surface area contributed by atoms with Crippen LogP contribution in [0.1, 0.15) is 5.56 Å². The summed E-state index contributed by atoms with van der Waals surface area (Å²) in [5.74, 6) is -1.38. The van der Waals surface area contributed by atoms with E-state index >= 15 is 0 Å². The van der Waals surface area contributed by atoms with Gasteiger partial charge in [0.15, 0.2) is 11.8 Å². The van der Waals surface area contributed by atoms with E-state index in [-0.39, 0.29) is 11.6 Å². The number of benzene rings is 1. The summed E-state index contributed by atoms with van der Waals surface area (Å²) in [6, 6.07) is 2.53. The molecule has 0 spiro atoms. The van der Waals surface area contributed by atoms with Crippen molar-refractivity contribution in [1.29, 1.82) is 0 Å². The van der Waals surface area contributed by atoms with Gasteiger partial charge in [0.05, 0.1) is 0 Å². The molecule has 14 heavy (non-hydrogen) atoms. The number of aryl methyl sites for hydroxylation is 1. The summed E-state index contributed by atoms with van der Waals surface area (Å²) < 4.78 is 26.5. The van der Waals surface area contributed by atoms with Crippen LogP contribution >= 0.6 is 0 Å². The lowest BCUT2D eigenvalue weighted by molar-refractivity contribution is 0.585. The van der Waals surface area contributed by atoms with Gasteiger partial charge in [0.1, 0.15) is 11.5 Å². The van der Waals surface area contributed by atoms with E-state index in [2.05, 4.69) is 10.3 Å². The fourth-order valence-electron chi connectivity index (χ4n) is 0.955. The first-order chi connectivity index (χ1) is 6.56. The lowest BCUT2D eigenvalue weighted by Crippen LogP contribution is -2.23. The van der Waals surface area contributed by atoms with E-state index in [9.17, 15) is 8.78 Å². The van der Waals surface area contributed by atoms with Crippen molar-refractivity contribution < 1.29 is 8.78 Å². The smallest absolute Gasteiger partial charge is 0.192 e.